The van der Waals surface area contributed by atoms with Crippen LogP contribution in [-0.4, -0.2) is 65.8 Å². The number of phenolic OH excluding ortho intramolecular Hbond substituents is 1. The van der Waals surface area contributed by atoms with Gasteiger partial charge in [-0.2, -0.15) is 0 Å². The molecule has 0 unspecified atom stereocenters. The van der Waals surface area contributed by atoms with Crippen molar-refractivity contribution in [2.45, 2.75) is 6.54 Å². The predicted octanol–water partition coefficient (Wildman–Crippen LogP) is 0.603. The molecular formula is C14H20N2O4. The molecule has 1 aliphatic rings. The Labute approximate surface area is 118 Å². The summed E-state index contributed by atoms with van der Waals surface area (Å²) >= 11 is 0. The molecule has 1 aromatic rings. The molecule has 0 atom stereocenters. The molecule has 0 aliphatic carbocycles. The summed E-state index contributed by atoms with van der Waals surface area (Å²) in [5.74, 6) is -0.156. The van der Waals surface area contributed by atoms with Crippen LogP contribution in [0.25, 0.3) is 0 Å². The Bertz CT molecular complexity index is 470. The molecule has 0 amide bonds. The molecular weight excluding hydrogens is 260 g/mol. The van der Waals surface area contributed by atoms with E-state index in [-0.39, 0.29) is 12.3 Å². The van der Waals surface area contributed by atoms with Gasteiger partial charge in [-0.25, -0.2) is 0 Å². The van der Waals surface area contributed by atoms with Gasteiger partial charge in [0.25, 0.3) is 0 Å². The summed E-state index contributed by atoms with van der Waals surface area (Å²) in [5, 5.41) is 18.3. The van der Waals surface area contributed by atoms with Crippen molar-refractivity contribution in [3.05, 3.63) is 23.8 Å². The van der Waals surface area contributed by atoms with E-state index in [1.807, 2.05) is 17.0 Å². The van der Waals surface area contributed by atoms with E-state index >= 15 is 0 Å². The minimum Gasteiger partial charge on any atom is -0.504 e. The van der Waals surface area contributed by atoms with Crippen molar-refractivity contribution in [2.75, 3.05) is 39.8 Å². The van der Waals surface area contributed by atoms with Crippen LogP contribution in [0.3, 0.4) is 0 Å². The van der Waals surface area contributed by atoms with E-state index in [9.17, 15) is 9.90 Å². The van der Waals surface area contributed by atoms with Gasteiger partial charge in [-0.1, -0.05) is 6.07 Å². The fraction of sp³-hybridized carbons (Fsp3) is 0.500. The van der Waals surface area contributed by atoms with Gasteiger partial charge in [-0.05, 0) is 17.7 Å². The predicted molar refractivity (Wildman–Crippen MR) is 74.0 cm³/mol. The van der Waals surface area contributed by atoms with Crippen molar-refractivity contribution in [1.29, 1.82) is 0 Å². The quantitative estimate of drug-likeness (QED) is 0.823. The van der Waals surface area contributed by atoms with Crippen LogP contribution in [-0.2, 0) is 11.3 Å². The minimum absolute atomic E-state index is 0.112. The second-order valence-electron chi connectivity index (χ2n) is 4.95. The Balaban J connectivity index is 1.88. The number of piperazine rings is 1. The number of aliphatic carboxylic acids is 1. The molecule has 1 aliphatic heterocycles. The lowest BCUT2D eigenvalue weighted by Crippen LogP contribution is -2.47. The van der Waals surface area contributed by atoms with Gasteiger partial charge in [-0.3, -0.25) is 14.6 Å². The first-order chi connectivity index (χ1) is 9.58. The zero-order valence-electron chi connectivity index (χ0n) is 11.6. The zero-order chi connectivity index (χ0) is 14.5. The number of aromatic hydroxyl groups is 1. The van der Waals surface area contributed by atoms with E-state index in [0.717, 1.165) is 38.3 Å². The van der Waals surface area contributed by atoms with Gasteiger partial charge in [0, 0.05) is 32.7 Å². The molecule has 1 heterocycles. The van der Waals surface area contributed by atoms with Crippen LogP contribution < -0.4 is 4.74 Å². The number of methoxy groups -OCH3 is 1. The second-order valence-corrected chi connectivity index (χ2v) is 4.95. The fourth-order valence-corrected chi connectivity index (χ4v) is 2.38. The maximum absolute atomic E-state index is 10.6. The Morgan fingerprint density at radius 2 is 1.90 bits per heavy atom. The Morgan fingerprint density at radius 1 is 1.25 bits per heavy atom. The summed E-state index contributed by atoms with van der Waals surface area (Å²) in [4.78, 5) is 14.9. The van der Waals surface area contributed by atoms with Gasteiger partial charge in [0.05, 0.1) is 13.7 Å². The van der Waals surface area contributed by atoms with Gasteiger partial charge >= 0.3 is 5.97 Å². The average molecular weight is 280 g/mol. The summed E-state index contributed by atoms with van der Waals surface area (Å²) in [6.45, 7) is 4.11. The first-order valence-electron chi connectivity index (χ1n) is 6.61. The van der Waals surface area contributed by atoms with Crippen LogP contribution in [0, 0.1) is 0 Å². The first kappa shape index (κ1) is 14.6. The lowest BCUT2D eigenvalue weighted by atomic mass is 10.1. The molecule has 0 bridgehead atoms. The summed E-state index contributed by atoms with van der Waals surface area (Å²) in [7, 11) is 1.53. The van der Waals surface area contributed by atoms with Gasteiger partial charge in [0.1, 0.15) is 0 Å². The summed E-state index contributed by atoms with van der Waals surface area (Å²) in [6.07, 6.45) is 0. The number of hydrogen-bond acceptors (Lipinski definition) is 5. The number of nitrogens with zero attached hydrogens (tertiary/aromatic N) is 2. The third kappa shape index (κ3) is 3.85. The van der Waals surface area contributed by atoms with E-state index in [4.69, 9.17) is 9.84 Å². The van der Waals surface area contributed by atoms with E-state index in [2.05, 4.69) is 4.90 Å². The molecule has 2 N–H and O–H groups in total. The molecule has 1 saturated heterocycles. The highest BCUT2D eigenvalue weighted by molar-refractivity contribution is 5.69. The van der Waals surface area contributed by atoms with E-state index in [1.54, 1.807) is 6.07 Å². The van der Waals surface area contributed by atoms with E-state index < -0.39 is 5.97 Å². The molecule has 2 rings (SSSR count). The molecule has 0 saturated carbocycles. The average Bonchev–Trinajstić information content (AvgIpc) is 2.42. The molecule has 0 radical (unpaired) electrons. The van der Waals surface area contributed by atoms with Crippen molar-refractivity contribution in [3.8, 4) is 11.5 Å². The Kier molecular flexibility index (Phi) is 4.81. The van der Waals surface area contributed by atoms with Gasteiger partial charge < -0.3 is 14.9 Å². The standard InChI is InChI=1S/C14H20N2O4/c1-20-13-8-11(2-3-12(13)17)9-15-4-6-16(7-5-15)10-14(18)19/h2-3,8,17H,4-7,9-10H2,1H3,(H,18,19). The molecule has 110 valence electrons. The molecule has 1 aromatic carbocycles. The number of rotatable bonds is 5. The van der Waals surface area contributed by atoms with Gasteiger partial charge in [0.15, 0.2) is 11.5 Å². The number of benzene rings is 1. The van der Waals surface area contributed by atoms with Crippen LogP contribution in [0.4, 0.5) is 0 Å². The van der Waals surface area contributed by atoms with Crippen LogP contribution in [0.1, 0.15) is 5.56 Å². The lowest BCUT2D eigenvalue weighted by molar-refractivity contribution is -0.138. The third-order valence-electron chi connectivity index (χ3n) is 3.47. The Hall–Kier alpha value is -1.79. The highest BCUT2D eigenvalue weighted by Crippen LogP contribution is 2.26. The largest absolute Gasteiger partial charge is 0.504 e. The fourth-order valence-electron chi connectivity index (χ4n) is 2.38. The van der Waals surface area contributed by atoms with Crippen molar-refractivity contribution < 1.29 is 19.7 Å². The van der Waals surface area contributed by atoms with Gasteiger partial charge in [0.2, 0.25) is 0 Å². The number of ether oxygens (including phenoxy) is 1. The maximum Gasteiger partial charge on any atom is 0.317 e. The Morgan fingerprint density at radius 3 is 2.50 bits per heavy atom. The highest BCUT2D eigenvalue weighted by atomic mass is 16.5. The molecule has 20 heavy (non-hydrogen) atoms. The molecule has 0 spiro atoms. The maximum atomic E-state index is 10.6. The highest BCUT2D eigenvalue weighted by Gasteiger charge is 2.18. The van der Waals surface area contributed by atoms with Crippen LogP contribution >= 0.6 is 0 Å². The molecule has 0 aromatic heterocycles. The number of phenols is 1. The summed E-state index contributed by atoms with van der Waals surface area (Å²) in [5.41, 5.74) is 1.08. The summed E-state index contributed by atoms with van der Waals surface area (Å²) in [6, 6.07) is 5.34. The van der Waals surface area contributed by atoms with Crippen molar-refractivity contribution in [2.24, 2.45) is 0 Å². The van der Waals surface area contributed by atoms with Crippen LogP contribution in [0.5, 0.6) is 11.5 Å². The van der Waals surface area contributed by atoms with Crippen molar-refractivity contribution >= 4 is 5.97 Å². The molecule has 6 nitrogen and oxygen atoms in total. The monoisotopic (exact) mass is 280 g/mol. The van der Waals surface area contributed by atoms with E-state index in [0.29, 0.717) is 5.75 Å². The third-order valence-corrected chi connectivity index (χ3v) is 3.47. The number of carboxylic acid groups (broad SMARTS) is 1. The number of carboxylic acids is 1. The topological polar surface area (TPSA) is 73.2 Å². The SMILES string of the molecule is COc1cc(CN2CCN(CC(=O)O)CC2)ccc1O. The summed E-state index contributed by atoms with van der Waals surface area (Å²) < 4.78 is 5.09. The van der Waals surface area contributed by atoms with Crippen LogP contribution in [0.15, 0.2) is 18.2 Å². The minimum atomic E-state index is -0.776. The zero-order valence-corrected chi connectivity index (χ0v) is 11.6. The van der Waals surface area contributed by atoms with Crippen LogP contribution in [0.2, 0.25) is 0 Å². The molecule has 1 fully saturated rings. The van der Waals surface area contributed by atoms with Crippen molar-refractivity contribution in [3.63, 3.8) is 0 Å². The second kappa shape index (κ2) is 6.58. The number of hydrogen-bond donors (Lipinski definition) is 2. The lowest BCUT2D eigenvalue weighted by Gasteiger charge is -2.33. The normalized spacial score (nSPS) is 17.1. The van der Waals surface area contributed by atoms with Crippen molar-refractivity contribution in [1.82, 2.24) is 9.80 Å². The van der Waals surface area contributed by atoms with Gasteiger partial charge in [-0.15, -0.1) is 0 Å². The molecule has 6 heteroatoms. The first-order valence-corrected chi connectivity index (χ1v) is 6.61. The number of carbonyl (C=O) groups is 1. The smallest absolute Gasteiger partial charge is 0.317 e. The van der Waals surface area contributed by atoms with E-state index in [1.165, 1.54) is 7.11 Å².